The van der Waals surface area contributed by atoms with Gasteiger partial charge >= 0.3 is 0 Å². The maximum absolute atomic E-state index is 10.4. The number of rotatable bonds is 8. The second-order valence-corrected chi connectivity index (χ2v) is 5.07. The highest BCUT2D eigenvalue weighted by Crippen LogP contribution is 2.38. The van der Waals surface area contributed by atoms with Crippen LogP contribution in [0, 0.1) is 10.8 Å². The maximum Gasteiger partial charge on any atom is 0.207 e. The van der Waals surface area contributed by atoms with Gasteiger partial charge in [-0.1, -0.05) is 27.1 Å². The average Bonchev–Trinajstić information content (AvgIpc) is 2.33. The summed E-state index contributed by atoms with van der Waals surface area (Å²) in [6.45, 7) is 6.11. The van der Waals surface area contributed by atoms with Crippen LogP contribution in [0.1, 0.15) is 27.2 Å². The van der Waals surface area contributed by atoms with Gasteiger partial charge < -0.3 is 15.5 Å². The summed E-state index contributed by atoms with van der Waals surface area (Å²) in [5, 5.41) is 22.4. The third-order valence-corrected chi connectivity index (χ3v) is 3.89. The highest BCUT2D eigenvalue weighted by molar-refractivity contribution is 6.09. The van der Waals surface area contributed by atoms with Crippen molar-refractivity contribution >= 4 is 14.3 Å². The molecule has 16 heavy (non-hydrogen) atoms. The standard InChI is InChI=1S/C11H24BNO3/c1-4-10(2,7-14)9(16)11(3,5-12)6-13-8-15/h8-9,14,16H,4-7,12H2,1-3H3,(H,13,15). The van der Waals surface area contributed by atoms with Crippen molar-refractivity contribution in [2.24, 2.45) is 10.8 Å². The van der Waals surface area contributed by atoms with Gasteiger partial charge in [-0.15, -0.1) is 0 Å². The molecule has 3 N–H and O–H groups in total. The molecule has 0 spiro atoms. The molecule has 3 unspecified atom stereocenters. The largest absolute Gasteiger partial charge is 0.396 e. The molecule has 0 rings (SSSR count). The van der Waals surface area contributed by atoms with Gasteiger partial charge in [0.1, 0.15) is 7.85 Å². The predicted molar refractivity (Wildman–Crippen MR) is 67.0 cm³/mol. The first-order valence-corrected chi connectivity index (χ1v) is 5.86. The normalized spacial score (nSPS) is 20.6. The Kier molecular flexibility index (Phi) is 6.04. The van der Waals surface area contributed by atoms with Gasteiger partial charge in [-0.3, -0.25) is 4.79 Å². The molecule has 3 atom stereocenters. The molecule has 1 amide bonds. The monoisotopic (exact) mass is 229 g/mol. The average molecular weight is 229 g/mol. The Morgan fingerprint density at radius 1 is 1.44 bits per heavy atom. The molecule has 0 aliphatic carbocycles. The quantitative estimate of drug-likeness (QED) is 0.390. The summed E-state index contributed by atoms with van der Waals surface area (Å²) in [5.74, 6) is 0. The van der Waals surface area contributed by atoms with Gasteiger partial charge in [0.25, 0.3) is 0 Å². The Morgan fingerprint density at radius 2 is 2.00 bits per heavy atom. The lowest BCUT2D eigenvalue weighted by atomic mass is 9.64. The van der Waals surface area contributed by atoms with E-state index in [1.807, 2.05) is 28.6 Å². The lowest BCUT2D eigenvalue weighted by Crippen LogP contribution is -2.50. The van der Waals surface area contributed by atoms with Crippen molar-refractivity contribution in [2.75, 3.05) is 13.2 Å². The Hall–Kier alpha value is -0.545. The van der Waals surface area contributed by atoms with Crippen molar-refractivity contribution in [3.8, 4) is 0 Å². The Labute approximate surface area is 98.8 Å². The highest BCUT2D eigenvalue weighted by atomic mass is 16.3. The molecule has 94 valence electrons. The van der Waals surface area contributed by atoms with Gasteiger partial charge in [0.2, 0.25) is 6.41 Å². The molecule has 0 aromatic rings. The Morgan fingerprint density at radius 3 is 2.31 bits per heavy atom. The van der Waals surface area contributed by atoms with Crippen LogP contribution in [0.5, 0.6) is 0 Å². The van der Waals surface area contributed by atoms with Gasteiger partial charge in [-0.05, 0) is 6.42 Å². The van der Waals surface area contributed by atoms with Crippen LogP contribution in [0.2, 0.25) is 6.32 Å². The van der Waals surface area contributed by atoms with E-state index in [1.54, 1.807) is 0 Å². The van der Waals surface area contributed by atoms with Crippen molar-refractivity contribution in [2.45, 2.75) is 39.6 Å². The molecule has 5 heteroatoms. The number of hydrogen-bond acceptors (Lipinski definition) is 3. The number of aliphatic hydroxyl groups excluding tert-OH is 2. The molecule has 0 bridgehead atoms. The van der Waals surface area contributed by atoms with Crippen LogP contribution in [-0.2, 0) is 4.79 Å². The number of carbonyl (C=O) groups is 1. The fourth-order valence-corrected chi connectivity index (χ4v) is 1.92. The number of carbonyl (C=O) groups excluding carboxylic acids is 1. The zero-order valence-electron chi connectivity index (χ0n) is 10.8. The first kappa shape index (κ1) is 15.5. The summed E-state index contributed by atoms with van der Waals surface area (Å²) in [6.07, 6.45) is 1.43. The van der Waals surface area contributed by atoms with Crippen molar-refractivity contribution in [3.63, 3.8) is 0 Å². The van der Waals surface area contributed by atoms with E-state index in [4.69, 9.17) is 0 Å². The molecule has 0 aromatic heterocycles. The summed E-state index contributed by atoms with van der Waals surface area (Å²) in [4.78, 5) is 10.3. The van der Waals surface area contributed by atoms with E-state index in [-0.39, 0.29) is 6.61 Å². The van der Waals surface area contributed by atoms with Gasteiger partial charge in [0.15, 0.2) is 0 Å². The molecular formula is C11H24BNO3. The summed E-state index contributed by atoms with van der Waals surface area (Å²) >= 11 is 0. The molecular weight excluding hydrogens is 205 g/mol. The first-order valence-electron chi connectivity index (χ1n) is 5.86. The van der Waals surface area contributed by atoms with Crippen LogP contribution >= 0.6 is 0 Å². The van der Waals surface area contributed by atoms with Crippen LogP contribution in [0.15, 0.2) is 0 Å². The van der Waals surface area contributed by atoms with Crippen molar-refractivity contribution in [1.82, 2.24) is 5.32 Å². The van der Waals surface area contributed by atoms with Crippen molar-refractivity contribution in [1.29, 1.82) is 0 Å². The van der Waals surface area contributed by atoms with Crippen LogP contribution in [-0.4, -0.2) is 43.7 Å². The molecule has 0 aliphatic rings. The van der Waals surface area contributed by atoms with E-state index in [2.05, 4.69) is 5.32 Å². The third kappa shape index (κ3) is 3.22. The maximum atomic E-state index is 10.4. The SMILES string of the molecule is BCC(C)(CNC=O)C(O)C(C)(CC)CO. The fraction of sp³-hybridized carbons (Fsp3) is 0.909. The summed E-state index contributed by atoms with van der Waals surface area (Å²) in [6, 6.07) is 0. The fourth-order valence-electron chi connectivity index (χ4n) is 1.92. The molecule has 0 heterocycles. The predicted octanol–water partition coefficient (Wildman–Crippen LogP) is -0.440. The summed E-state index contributed by atoms with van der Waals surface area (Å²) in [7, 11) is 1.98. The number of amides is 1. The number of nitrogens with one attached hydrogen (secondary N) is 1. The Bertz CT molecular complexity index is 221. The minimum atomic E-state index is -0.646. The van der Waals surface area contributed by atoms with E-state index < -0.39 is 16.9 Å². The smallest absolute Gasteiger partial charge is 0.207 e. The molecule has 0 saturated carbocycles. The minimum absolute atomic E-state index is 0.0542. The van der Waals surface area contributed by atoms with Gasteiger partial charge in [-0.2, -0.15) is 0 Å². The molecule has 4 nitrogen and oxygen atoms in total. The number of hydrogen-bond donors (Lipinski definition) is 3. The van der Waals surface area contributed by atoms with Crippen molar-refractivity contribution < 1.29 is 15.0 Å². The lowest BCUT2D eigenvalue weighted by molar-refractivity contribution is -0.111. The van der Waals surface area contributed by atoms with Crippen LogP contribution in [0.4, 0.5) is 0 Å². The van der Waals surface area contributed by atoms with E-state index in [0.717, 1.165) is 6.32 Å². The topological polar surface area (TPSA) is 69.6 Å². The van der Waals surface area contributed by atoms with E-state index in [0.29, 0.717) is 19.4 Å². The second kappa shape index (κ2) is 6.25. The third-order valence-electron chi connectivity index (χ3n) is 3.89. The van der Waals surface area contributed by atoms with Crippen LogP contribution in [0.3, 0.4) is 0 Å². The first-order chi connectivity index (χ1) is 7.40. The lowest BCUT2D eigenvalue weighted by Gasteiger charge is -2.43. The molecule has 0 aromatic carbocycles. The van der Waals surface area contributed by atoms with Gasteiger partial charge in [0.05, 0.1) is 12.7 Å². The van der Waals surface area contributed by atoms with Gasteiger partial charge in [-0.25, -0.2) is 0 Å². The van der Waals surface area contributed by atoms with Crippen LogP contribution < -0.4 is 5.32 Å². The zero-order chi connectivity index (χ0) is 12.8. The minimum Gasteiger partial charge on any atom is -0.396 e. The van der Waals surface area contributed by atoms with E-state index >= 15 is 0 Å². The molecule has 0 radical (unpaired) electrons. The Balaban J connectivity index is 4.85. The van der Waals surface area contributed by atoms with E-state index in [9.17, 15) is 15.0 Å². The van der Waals surface area contributed by atoms with Gasteiger partial charge in [0, 0.05) is 17.4 Å². The molecule has 0 fully saturated rings. The summed E-state index contributed by atoms with van der Waals surface area (Å²) in [5.41, 5.74) is -0.927. The van der Waals surface area contributed by atoms with Crippen LogP contribution in [0.25, 0.3) is 0 Å². The van der Waals surface area contributed by atoms with E-state index in [1.165, 1.54) is 0 Å². The highest BCUT2D eigenvalue weighted by Gasteiger charge is 2.42. The zero-order valence-corrected chi connectivity index (χ0v) is 10.8. The number of aliphatic hydroxyl groups is 2. The second-order valence-electron chi connectivity index (χ2n) is 5.07. The molecule has 0 aliphatic heterocycles. The van der Waals surface area contributed by atoms with Crippen molar-refractivity contribution in [3.05, 3.63) is 0 Å². The summed E-state index contributed by atoms with van der Waals surface area (Å²) < 4.78 is 0. The molecule has 0 saturated heterocycles.